The smallest absolute Gasteiger partial charge is 0.410 e. The average Bonchev–Trinajstić information content (AvgIpc) is 2.67. The van der Waals surface area contributed by atoms with Gasteiger partial charge >= 0.3 is 6.09 Å². The number of nitrogens with zero attached hydrogens (tertiary/aromatic N) is 2. The summed E-state index contributed by atoms with van der Waals surface area (Å²) in [6.07, 6.45) is -0.187. The van der Waals surface area contributed by atoms with Crippen molar-refractivity contribution in [3.63, 3.8) is 0 Å². The van der Waals surface area contributed by atoms with E-state index in [1.165, 1.54) is 0 Å². The Morgan fingerprint density at radius 2 is 1.86 bits per heavy atom. The lowest BCUT2D eigenvalue weighted by Crippen LogP contribution is -2.48. The van der Waals surface area contributed by atoms with Crippen LogP contribution in [0, 0.1) is 13.8 Å². The Labute approximate surface area is 126 Å². The zero-order chi connectivity index (χ0) is 15.8. The molecule has 0 bridgehead atoms. The van der Waals surface area contributed by atoms with Crippen LogP contribution in [0.1, 0.15) is 44.6 Å². The Hall–Kier alpha value is -1.49. The molecule has 0 saturated carbocycles. The van der Waals surface area contributed by atoms with Crippen molar-refractivity contribution in [3.05, 3.63) is 23.5 Å². The Kier molecular flexibility index (Phi) is 4.33. The second kappa shape index (κ2) is 5.72. The molecule has 2 heterocycles. The molecule has 0 aliphatic carbocycles. The molecule has 2 atom stereocenters. The van der Waals surface area contributed by atoms with Crippen molar-refractivity contribution in [2.45, 2.75) is 58.8 Å². The molecular weight excluding hydrogens is 268 g/mol. The van der Waals surface area contributed by atoms with Gasteiger partial charge in [0.15, 0.2) is 0 Å². The molecule has 5 nitrogen and oxygen atoms in total. The largest absolute Gasteiger partial charge is 0.444 e. The number of ether oxygens (including phenoxy) is 1. The third-order valence-electron chi connectivity index (χ3n) is 3.86. The lowest BCUT2D eigenvalue weighted by atomic mass is 10.0. The van der Waals surface area contributed by atoms with Gasteiger partial charge in [-0.1, -0.05) is 0 Å². The molecule has 2 rings (SSSR count). The zero-order valence-corrected chi connectivity index (χ0v) is 13.6. The maximum absolute atomic E-state index is 12.1. The molecule has 1 fully saturated rings. The summed E-state index contributed by atoms with van der Waals surface area (Å²) in [7, 11) is 0. The summed E-state index contributed by atoms with van der Waals surface area (Å²) in [5.74, 6) is 0. The van der Waals surface area contributed by atoms with Gasteiger partial charge in [-0.2, -0.15) is 0 Å². The van der Waals surface area contributed by atoms with Crippen LogP contribution in [0.4, 0.5) is 4.79 Å². The third kappa shape index (κ3) is 3.59. The Morgan fingerprint density at radius 3 is 2.33 bits per heavy atom. The predicted molar refractivity (Wildman–Crippen MR) is 81.4 cm³/mol. The third-order valence-corrected chi connectivity index (χ3v) is 3.86. The van der Waals surface area contributed by atoms with E-state index in [4.69, 9.17) is 4.74 Å². The van der Waals surface area contributed by atoms with Gasteiger partial charge in [-0.15, -0.1) is 0 Å². The molecule has 1 saturated heterocycles. The number of hydrogen-bond donors (Lipinski definition) is 1. The molecule has 0 spiro atoms. The Morgan fingerprint density at radius 1 is 1.29 bits per heavy atom. The number of hydrogen-bond acceptors (Lipinski definition) is 3. The number of piperidine rings is 1. The van der Waals surface area contributed by atoms with Gasteiger partial charge in [-0.25, -0.2) is 4.79 Å². The van der Waals surface area contributed by atoms with Crippen LogP contribution in [0.25, 0.3) is 0 Å². The molecular formula is C16H26N2O3. The molecule has 0 aromatic carbocycles. The van der Waals surface area contributed by atoms with E-state index >= 15 is 0 Å². The minimum atomic E-state index is -0.573. The van der Waals surface area contributed by atoms with Crippen LogP contribution in [0.3, 0.4) is 0 Å². The van der Waals surface area contributed by atoms with Crippen LogP contribution < -0.4 is 0 Å². The van der Waals surface area contributed by atoms with Gasteiger partial charge in [0.05, 0.1) is 18.7 Å². The zero-order valence-electron chi connectivity index (χ0n) is 13.6. The fourth-order valence-electron chi connectivity index (χ4n) is 2.92. The van der Waals surface area contributed by atoms with E-state index in [1.807, 2.05) is 34.6 Å². The highest BCUT2D eigenvalue weighted by Gasteiger charge is 2.34. The maximum Gasteiger partial charge on any atom is 0.410 e. The first kappa shape index (κ1) is 15.9. The summed E-state index contributed by atoms with van der Waals surface area (Å²) in [6.45, 7) is 10.5. The molecule has 1 amide bonds. The van der Waals surface area contributed by atoms with E-state index in [1.54, 1.807) is 4.90 Å². The topological polar surface area (TPSA) is 54.7 Å². The number of carbonyl (C=O) groups is 1. The summed E-state index contributed by atoms with van der Waals surface area (Å²) < 4.78 is 7.53. The lowest BCUT2D eigenvalue weighted by molar-refractivity contribution is -0.0104. The number of rotatable bonds is 1. The van der Waals surface area contributed by atoms with Gasteiger partial charge in [0, 0.05) is 17.9 Å². The quantitative estimate of drug-likeness (QED) is 0.866. The van der Waals surface area contributed by atoms with Crippen molar-refractivity contribution in [1.29, 1.82) is 0 Å². The first-order valence-corrected chi connectivity index (χ1v) is 7.49. The fraction of sp³-hybridized carbons (Fsp3) is 0.688. The summed E-state index contributed by atoms with van der Waals surface area (Å²) in [4.78, 5) is 13.7. The number of β-amino-alcohol motifs (C(OH)–C–C–N with tert-alkyl or cyclic N) is 1. The van der Waals surface area contributed by atoms with E-state index < -0.39 is 11.7 Å². The number of aliphatic hydroxyl groups excluding tert-OH is 1. The van der Waals surface area contributed by atoms with Gasteiger partial charge in [-0.05, 0) is 53.2 Å². The van der Waals surface area contributed by atoms with Crippen molar-refractivity contribution in [1.82, 2.24) is 9.47 Å². The van der Waals surface area contributed by atoms with Gasteiger partial charge in [0.1, 0.15) is 5.60 Å². The van der Waals surface area contributed by atoms with Crippen molar-refractivity contribution in [2.75, 3.05) is 13.1 Å². The molecule has 0 unspecified atom stereocenters. The Balaban J connectivity index is 2.04. The van der Waals surface area contributed by atoms with Gasteiger partial charge in [0.2, 0.25) is 0 Å². The number of aromatic nitrogens is 1. The van der Waals surface area contributed by atoms with Crippen LogP contribution in [0.15, 0.2) is 12.1 Å². The molecule has 1 aliphatic heterocycles. The molecule has 1 aliphatic rings. The highest BCUT2D eigenvalue weighted by molar-refractivity contribution is 5.68. The van der Waals surface area contributed by atoms with Crippen molar-refractivity contribution in [3.8, 4) is 0 Å². The number of carbonyl (C=O) groups excluding carboxylic acids is 1. The monoisotopic (exact) mass is 294 g/mol. The van der Waals surface area contributed by atoms with E-state index in [2.05, 4.69) is 16.7 Å². The highest BCUT2D eigenvalue weighted by atomic mass is 16.6. The normalized spacial score (nSPS) is 23.2. The van der Waals surface area contributed by atoms with Crippen molar-refractivity contribution < 1.29 is 14.6 Å². The summed E-state index contributed by atoms with van der Waals surface area (Å²) >= 11 is 0. The fourth-order valence-corrected chi connectivity index (χ4v) is 2.92. The van der Waals surface area contributed by atoms with Crippen molar-refractivity contribution in [2.24, 2.45) is 0 Å². The second-order valence-corrected chi connectivity index (χ2v) is 6.84. The first-order valence-electron chi connectivity index (χ1n) is 7.49. The number of aryl methyl sites for hydroxylation is 2. The molecule has 21 heavy (non-hydrogen) atoms. The molecule has 5 heteroatoms. The molecule has 0 radical (unpaired) electrons. The predicted octanol–water partition coefficient (Wildman–Crippen LogP) is 2.65. The summed E-state index contributed by atoms with van der Waals surface area (Å²) in [5.41, 5.74) is 1.77. The average molecular weight is 294 g/mol. The minimum Gasteiger partial charge on any atom is -0.444 e. The van der Waals surface area contributed by atoms with Crippen molar-refractivity contribution >= 4 is 6.09 Å². The van der Waals surface area contributed by atoms with Crippen LogP contribution in [0.5, 0.6) is 0 Å². The lowest BCUT2D eigenvalue weighted by Gasteiger charge is -2.38. The van der Waals surface area contributed by atoms with Gasteiger partial charge in [0.25, 0.3) is 0 Å². The first-order chi connectivity index (χ1) is 9.69. The number of amides is 1. The summed E-state index contributed by atoms with van der Waals surface area (Å²) in [5, 5.41) is 10.4. The SMILES string of the molecule is Cc1ccc(C)n1[C@@H]1CCN(C(=O)OC(C)(C)C)C[C@@H]1O. The van der Waals surface area contributed by atoms with Crippen LogP contribution >= 0.6 is 0 Å². The number of aliphatic hydroxyl groups is 1. The van der Waals surface area contributed by atoms with E-state index in [0.717, 1.165) is 17.8 Å². The van der Waals surface area contributed by atoms with Gasteiger partial charge < -0.3 is 19.3 Å². The standard InChI is InChI=1S/C16H26N2O3/c1-11-6-7-12(2)18(11)13-8-9-17(10-14(13)19)15(20)21-16(3,4)5/h6-7,13-14,19H,8-10H2,1-5H3/t13-,14+/m1/s1. The molecule has 1 aromatic heterocycles. The van der Waals surface area contributed by atoms with Crippen LogP contribution in [-0.4, -0.2) is 45.5 Å². The molecule has 1 N–H and O–H groups in total. The molecule has 118 valence electrons. The van der Waals surface area contributed by atoms with E-state index in [-0.39, 0.29) is 12.1 Å². The van der Waals surface area contributed by atoms with E-state index in [9.17, 15) is 9.90 Å². The maximum atomic E-state index is 12.1. The van der Waals surface area contributed by atoms with Gasteiger partial charge in [-0.3, -0.25) is 0 Å². The Bertz CT molecular complexity index is 497. The van der Waals surface area contributed by atoms with Crippen LogP contribution in [-0.2, 0) is 4.74 Å². The molecule has 1 aromatic rings. The number of likely N-dealkylation sites (tertiary alicyclic amines) is 1. The minimum absolute atomic E-state index is 0.0266. The van der Waals surface area contributed by atoms with Crippen LogP contribution in [0.2, 0.25) is 0 Å². The second-order valence-electron chi connectivity index (χ2n) is 6.84. The van der Waals surface area contributed by atoms with E-state index in [0.29, 0.717) is 13.1 Å². The summed E-state index contributed by atoms with van der Waals surface area (Å²) in [6, 6.07) is 4.14. The highest BCUT2D eigenvalue weighted by Crippen LogP contribution is 2.27.